The van der Waals surface area contributed by atoms with Gasteiger partial charge in [0.15, 0.2) is 0 Å². The number of nitrogens with zero attached hydrogens (tertiary/aromatic N) is 2. The van der Waals surface area contributed by atoms with Gasteiger partial charge >= 0.3 is 0 Å². The van der Waals surface area contributed by atoms with Crippen LogP contribution in [0.1, 0.15) is 29.5 Å². The Bertz CT molecular complexity index is 761. The van der Waals surface area contributed by atoms with E-state index in [-0.39, 0.29) is 37.0 Å². The number of piperazine rings is 1. The summed E-state index contributed by atoms with van der Waals surface area (Å²) in [7, 11) is -3.56. The van der Waals surface area contributed by atoms with Crippen LogP contribution in [0.2, 0.25) is 0 Å². The highest BCUT2D eigenvalue weighted by Crippen LogP contribution is 2.14. The molecular weight excluding hydrogens is 342 g/mol. The molecule has 1 fully saturated rings. The number of carbonyl (C=O) groups excluding carboxylic acids is 2. The highest BCUT2D eigenvalue weighted by Gasteiger charge is 2.27. The van der Waals surface area contributed by atoms with Gasteiger partial charge in [-0.15, -0.1) is 0 Å². The zero-order valence-electron chi connectivity index (χ0n) is 14.7. The van der Waals surface area contributed by atoms with Crippen molar-refractivity contribution in [1.29, 1.82) is 0 Å². The maximum Gasteiger partial charge on any atom is 0.242 e. The summed E-state index contributed by atoms with van der Waals surface area (Å²) >= 11 is 0. The van der Waals surface area contributed by atoms with Crippen LogP contribution in [0.3, 0.4) is 0 Å². The van der Waals surface area contributed by atoms with Gasteiger partial charge in [-0.25, -0.2) is 13.6 Å². The van der Waals surface area contributed by atoms with Crippen LogP contribution in [0.5, 0.6) is 0 Å². The van der Waals surface area contributed by atoms with E-state index in [1.165, 1.54) is 16.0 Å². The fourth-order valence-electron chi connectivity index (χ4n) is 2.79. The second-order valence-corrected chi connectivity index (χ2v) is 8.25. The molecule has 0 unspecified atom stereocenters. The number of rotatable bonds is 6. The Hall–Kier alpha value is -1.93. The molecule has 2 N–H and O–H groups in total. The molecule has 0 aliphatic carbocycles. The van der Waals surface area contributed by atoms with Crippen LogP contribution < -0.4 is 5.14 Å². The van der Waals surface area contributed by atoms with Gasteiger partial charge in [-0.2, -0.15) is 0 Å². The molecule has 2 amide bonds. The SMILES string of the molecule is Cc1ccc(CN2CCN(C(=O)CCCS(N)(=O)=O)CC2=O)cc1C. The van der Waals surface area contributed by atoms with Crippen LogP contribution in [-0.2, 0) is 26.2 Å². The number of nitrogens with two attached hydrogens (primary N) is 1. The molecule has 1 aliphatic heterocycles. The second-order valence-electron chi connectivity index (χ2n) is 6.52. The smallest absolute Gasteiger partial charge is 0.242 e. The molecule has 1 aromatic rings. The molecule has 0 atom stereocenters. The van der Waals surface area contributed by atoms with Crippen molar-refractivity contribution in [1.82, 2.24) is 9.80 Å². The Morgan fingerprint density at radius 2 is 1.92 bits per heavy atom. The lowest BCUT2D eigenvalue weighted by Crippen LogP contribution is -2.51. The Morgan fingerprint density at radius 3 is 2.52 bits per heavy atom. The second kappa shape index (κ2) is 7.97. The van der Waals surface area contributed by atoms with E-state index in [1.807, 2.05) is 26.0 Å². The fourth-order valence-corrected chi connectivity index (χ4v) is 3.34. The summed E-state index contributed by atoms with van der Waals surface area (Å²) in [5.41, 5.74) is 3.47. The lowest BCUT2D eigenvalue weighted by Gasteiger charge is -2.34. The lowest BCUT2D eigenvalue weighted by molar-refractivity contribution is -0.145. The van der Waals surface area contributed by atoms with E-state index in [2.05, 4.69) is 6.07 Å². The molecule has 0 bridgehead atoms. The summed E-state index contributed by atoms with van der Waals surface area (Å²) < 4.78 is 21.8. The third kappa shape index (κ3) is 5.82. The molecule has 0 saturated carbocycles. The number of sulfonamides is 1. The number of hydrogen-bond donors (Lipinski definition) is 1. The minimum Gasteiger partial charge on any atom is -0.335 e. The van der Waals surface area contributed by atoms with Gasteiger partial charge in [-0.05, 0) is 37.0 Å². The molecule has 1 saturated heterocycles. The maximum absolute atomic E-state index is 12.3. The van der Waals surface area contributed by atoms with E-state index in [0.29, 0.717) is 19.6 Å². The van der Waals surface area contributed by atoms with Crippen LogP contribution in [0, 0.1) is 13.8 Å². The summed E-state index contributed by atoms with van der Waals surface area (Å²) in [4.78, 5) is 27.6. The summed E-state index contributed by atoms with van der Waals surface area (Å²) in [6, 6.07) is 6.13. The quantitative estimate of drug-likeness (QED) is 0.793. The standard InChI is InChI=1S/C17H25N3O4S/c1-13-5-6-15(10-14(13)2)11-19-7-8-20(12-17(19)22)16(21)4-3-9-25(18,23)24/h5-6,10H,3-4,7-9,11-12H2,1-2H3,(H2,18,23,24). The molecule has 0 aromatic heterocycles. The van der Waals surface area contributed by atoms with Crippen LogP contribution in [0.15, 0.2) is 18.2 Å². The number of aryl methyl sites for hydroxylation is 2. The van der Waals surface area contributed by atoms with Crippen molar-refractivity contribution >= 4 is 21.8 Å². The Kier molecular flexibility index (Phi) is 6.18. The van der Waals surface area contributed by atoms with Crippen LogP contribution in [-0.4, -0.2) is 55.4 Å². The first-order valence-corrected chi connectivity index (χ1v) is 9.99. The molecule has 1 heterocycles. The molecule has 0 radical (unpaired) electrons. The third-order valence-corrected chi connectivity index (χ3v) is 5.29. The van der Waals surface area contributed by atoms with Crippen molar-refractivity contribution in [3.63, 3.8) is 0 Å². The number of hydrogen-bond acceptors (Lipinski definition) is 4. The molecule has 8 heteroatoms. The summed E-state index contributed by atoms with van der Waals surface area (Å²) in [6.07, 6.45) is 0.260. The fraction of sp³-hybridized carbons (Fsp3) is 0.529. The number of amides is 2. The normalized spacial score (nSPS) is 15.6. The monoisotopic (exact) mass is 367 g/mol. The molecular formula is C17H25N3O4S. The van der Waals surface area contributed by atoms with Crippen LogP contribution in [0.25, 0.3) is 0 Å². The van der Waals surface area contributed by atoms with Gasteiger partial charge in [0, 0.05) is 26.1 Å². The van der Waals surface area contributed by atoms with Gasteiger partial charge in [0.1, 0.15) is 0 Å². The Balaban J connectivity index is 1.86. The highest BCUT2D eigenvalue weighted by molar-refractivity contribution is 7.89. The number of primary sulfonamides is 1. The van der Waals surface area contributed by atoms with E-state index < -0.39 is 10.0 Å². The molecule has 1 aliphatic rings. The van der Waals surface area contributed by atoms with E-state index in [1.54, 1.807) is 4.90 Å². The zero-order valence-corrected chi connectivity index (χ0v) is 15.5. The molecule has 1 aromatic carbocycles. The predicted molar refractivity (Wildman–Crippen MR) is 95.1 cm³/mol. The van der Waals surface area contributed by atoms with Gasteiger partial charge in [-0.3, -0.25) is 9.59 Å². The van der Waals surface area contributed by atoms with Crippen molar-refractivity contribution in [2.75, 3.05) is 25.4 Å². The summed E-state index contributed by atoms with van der Waals surface area (Å²) in [5, 5.41) is 4.92. The van der Waals surface area contributed by atoms with Crippen molar-refractivity contribution in [2.45, 2.75) is 33.2 Å². The number of benzene rings is 1. The van der Waals surface area contributed by atoms with Gasteiger partial charge in [0.25, 0.3) is 0 Å². The van der Waals surface area contributed by atoms with Crippen molar-refractivity contribution in [2.24, 2.45) is 5.14 Å². The Labute approximate surface area is 148 Å². The minimum absolute atomic E-state index is 0.0407. The van der Waals surface area contributed by atoms with Gasteiger partial charge < -0.3 is 9.80 Å². The predicted octanol–water partition coefficient (Wildman–Crippen LogP) is 0.543. The average molecular weight is 367 g/mol. The van der Waals surface area contributed by atoms with Gasteiger partial charge in [0.05, 0.1) is 12.3 Å². The van der Waals surface area contributed by atoms with E-state index in [4.69, 9.17) is 5.14 Å². The van der Waals surface area contributed by atoms with Crippen molar-refractivity contribution in [3.05, 3.63) is 34.9 Å². The van der Waals surface area contributed by atoms with Crippen LogP contribution >= 0.6 is 0 Å². The molecule has 7 nitrogen and oxygen atoms in total. The maximum atomic E-state index is 12.3. The summed E-state index contributed by atoms with van der Waals surface area (Å²) in [6.45, 7) is 5.60. The highest BCUT2D eigenvalue weighted by atomic mass is 32.2. The van der Waals surface area contributed by atoms with E-state index in [0.717, 1.165) is 5.56 Å². The largest absolute Gasteiger partial charge is 0.335 e. The molecule has 138 valence electrons. The molecule has 0 spiro atoms. The van der Waals surface area contributed by atoms with Gasteiger partial charge in [-0.1, -0.05) is 18.2 Å². The Morgan fingerprint density at radius 1 is 1.20 bits per heavy atom. The van der Waals surface area contributed by atoms with Crippen molar-refractivity contribution in [3.8, 4) is 0 Å². The van der Waals surface area contributed by atoms with Crippen molar-refractivity contribution < 1.29 is 18.0 Å². The number of carbonyl (C=O) groups is 2. The summed E-state index contributed by atoms with van der Waals surface area (Å²) in [5.74, 6) is -0.522. The topological polar surface area (TPSA) is 101 Å². The first kappa shape index (κ1) is 19.4. The third-order valence-electron chi connectivity index (χ3n) is 4.44. The molecule has 25 heavy (non-hydrogen) atoms. The van der Waals surface area contributed by atoms with Gasteiger partial charge in [0.2, 0.25) is 21.8 Å². The minimum atomic E-state index is -3.56. The lowest BCUT2D eigenvalue weighted by atomic mass is 10.1. The van der Waals surface area contributed by atoms with Crippen LogP contribution in [0.4, 0.5) is 0 Å². The molecule has 2 rings (SSSR count). The van der Waals surface area contributed by atoms with E-state index in [9.17, 15) is 18.0 Å². The first-order chi connectivity index (χ1) is 11.7. The van der Waals surface area contributed by atoms with E-state index >= 15 is 0 Å². The zero-order chi connectivity index (χ0) is 18.6. The average Bonchev–Trinajstić information content (AvgIpc) is 2.51. The first-order valence-electron chi connectivity index (χ1n) is 8.28.